The lowest BCUT2D eigenvalue weighted by Gasteiger charge is -2.09. The van der Waals surface area contributed by atoms with Gasteiger partial charge in [-0.3, -0.25) is 0 Å². The van der Waals surface area contributed by atoms with Gasteiger partial charge in [-0.25, -0.2) is 8.78 Å². The van der Waals surface area contributed by atoms with Crippen LogP contribution in [0.3, 0.4) is 0 Å². The molecule has 0 bridgehead atoms. The number of hydrogen-bond acceptors (Lipinski definition) is 3. The van der Waals surface area contributed by atoms with E-state index in [1.165, 1.54) is 25.3 Å². The lowest BCUT2D eigenvalue weighted by Crippen LogP contribution is -2.01. The highest BCUT2D eigenvalue weighted by Gasteiger charge is 2.09. The molecular formula is C15H11F2NO2. The van der Waals surface area contributed by atoms with Crippen LogP contribution in [0.1, 0.15) is 11.1 Å². The van der Waals surface area contributed by atoms with Crippen molar-refractivity contribution in [3.8, 4) is 17.6 Å². The SMILES string of the molecule is COc1cccc(COc2ccc(C#N)c(F)c2)c1F. The highest BCUT2D eigenvalue weighted by molar-refractivity contribution is 5.36. The average Bonchev–Trinajstić information content (AvgIpc) is 2.46. The number of methoxy groups -OCH3 is 1. The topological polar surface area (TPSA) is 42.2 Å². The lowest BCUT2D eigenvalue weighted by atomic mass is 10.2. The van der Waals surface area contributed by atoms with Crippen LogP contribution in [0.15, 0.2) is 36.4 Å². The molecule has 0 amide bonds. The van der Waals surface area contributed by atoms with E-state index >= 15 is 0 Å². The van der Waals surface area contributed by atoms with Crippen LogP contribution >= 0.6 is 0 Å². The number of ether oxygens (including phenoxy) is 2. The van der Waals surface area contributed by atoms with E-state index < -0.39 is 11.6 Å². The molecule has 0 aliphatic heterocycles. The summed E-state index contributed by atoms with van der Waals surface area (Å²) < 4.78 is 37.4. The summed E-state index contributed by atoms with van der Waals surface area (Å²) in [5.41, 5.74) is 0.235. The Bertz CT molecular complexity index is 665. The van der Waals surface area contributed by atoms with Crippen molar-refractivity contribution in [3.63, 3.8) is 0 Å². The minimum atomic E-state index is -0.670. The lowest BCUT2D eigenvalue weighted by molar-refractivity contribution is 0.294. The molecule has 102 valence electrons. The van der Waals surface area contributed by atoms with Crippen LogP contribution in [0.4, 0.5) is 8.78 Å². The molecule has 5 heteroatoms. The maximum atomic E-state index is 13.9. The second-order valence-electron chi connectivity index (χ2n) is 3.98. The van der Waals surface area contributed by atoms with Crippen molar-refractivity contribution in [2.45, 2.75) is 6.61 Å². The molecule has 0 heterocycles. The molecule has 0 N–H and O–H groups in total. The smallest absolute Gasteiger partial charge is 0.171 e. The van der Waals surface area contributed by atoms with Crippen LogP contribution < -0.4 is 9.47 Å². The maximum absolute atomic E-state index is 13.9. The van der Waals surface area contributed by atoms with Gasteiger partial charge in [-0.15, -0.1) is 0 Å². The summed E-state index contributed by atoms with van der Waals surface area (Å²) in [6.45, 7) is -0.0611. The Labute approximate surface area is 115 Å². The Morgan fingerprint density at radius 1 is 1.20 bits per heavy atom. The zero-order valence-electron chi connectivity index (χ0n) is 10.7. The Hall–Kier alpha value is -2.61. The molecule has 0 unspecified atom stereocenters. The van der Waals surface area contributed by atoms with Gasteiger partial charge in [0.15, 0.2) is 11.6 Å². The third-order valence-corrected chi connectivity index (χ3v) is 2.72. The summed E-state index contributed by atoms with van der Waals surface area (Å²) in [7, 11) is 1.37. The van der Waals surface area contributed by atoms with E-state index in [0.29, 0.717) is 5.56 Å². The van der Waals surface area contributed by atoms with Gasteiger partial charge in [0.05, 0.1) is 12.7 Å². The third-order valence-electron chi connectivity index (χ3n) is 2.72. The molecule has 0 atom stereocenters. The van der Waals surface area contributed by atoms with E-state index in [4.69, 9.17) is 14.7 Å². The van der Waals surface area contributed by atoms with Gasteiger partial charge in [0.1, 0.15) is 24.2 Å². The number of nitriles is 1. The monoisotopic (exact) mass is 275 g/mol. The number of halogens is 2. The molecule has 2 aromatic rings. The van der Waals surface area contributed by atoms with Crippen LogP contribution in [0, 0.1) is 23.0 Å². The maximum Gasteiger partial charge on any atom is 0.171 e. The molecule has 2 aromatic carbocycles. The number of hydrogen-bond donors (Lipinski definition) is 0. The first-order chi connectivity index (χ1) is 9.65. The molecule has 20 heavy (non-hydrogen) atoms. The van der Waals surface area contributed by atoms with E-state index in [9.17, 15) is 8.78 Å². The summed E-state index contributed by atoms with van der Waals surface area (Å²) >= 11 is 0. The summed E-state index contributed by atoms with van der Waals surface area (Å²) in [6.07, 6.45) is 0. The van der Waals surface area contributed by atoms with E-state index in [0.717, 1.165) is 6.07 Å². The van der Waals surface area contributed by atoms with Crippen molar-refractivity contribution in [1.29, 1.82) is 5.26 Å². The molecule has 3 nitrogen and oxygen atoms in total. The molecule has 0 aromatic heterocycles. The van der Waals surface area contributed by atoms with Gasteiger partial charge in [0, 0.05) is 11.6 Å². The Morgan fingerprint density at radius 3 is 2.65 bits per heavy atom. The zero-order chi connectivity index (χ0) is 14.5. The van der Waals surface area contributed by atoms with E-state index in [2.05, 4.69) is 0 Å². The molecule has 0 aliphatic carbocycles. The predicted octanol–water partition coefficient (Wildman–Crippen LogP) is 3.42. The van der Waals surface area contributed by atoms with E-state index in [-0.39, 0.29) is 23.7 Å². The molecule has 0 radical (unpaired) electrons. The van der Waals surface area contributed by atoms with Gasteiger partial charge in [-0.2, -0.15) is 5.26 Å². The second-order valence-corrected chi connectivity index (χ2v) is 3.98. The van der Waals surface area contributed by atoms with Crippen molar-refractivity contribution in [2.75, 3.05) is 7.11 Å². The van der Waals surface area contributed by atoms with Crippen LogP contribution in [0.2, 0.25) is 0 Å². The Balaban J connectivity index is 2.13. The molecule has 0 fully saturated rings. The standard InChI is InChI=1S/C15H11F2NO2/c1-19-14-4-2-3-11(15(14)17)9-20-12-6-5-10(8-18)13(16)7-12/h2-7H,9H2,1H3. The highest BCUT2D eigenvalue weighted by Crippen LogP contribution is 2.22. The predicted molar refractivity (Wildman–Crippen MR) is 68.4 cm³/mol. The summed E-state index contributed by atoms with van der Waals surface area (Å²) in [6, 6.07) is 10.3. The number of rotatable bonds is 4. The van der Waals surface area contributed by atoms with Gasteiger partial charge < -0.3 is 9.47 Å². The van der Waals surface area contributed by atoms with Gasteiger partial charge in [-0.1, -0.05) is 12.1 Å². The van der Waals surface area contributed by atoms with Crippen molar-refractivity contribution >= 4 is 0 Å². The van der Waals surface area contributed by atoms with Crippen molar-refractivity contribution in [3.05, 3.63) is 59.2 Å². The Kier molecular flexibility index (Phi) is 4.16. The quantitative estimate of drug-likeness (QED) is 0.858. The van der Waals surface area contributed by atoms with Crippen LogP contribution in [0.5, 0.6) is 11.5 Å². The molecule has 0 saturated heterocycles. The zero-order valence-corrected chi connectivity index (χ0v) is 10.7. The first-order valence-electron chi connectivity index (χ1n) is 5.79. The fourth-order valence-electron chi connectivity index (χ4n) is 1.66. The molecule has 0 saturated carbocycles. The van der Waals surface area contributed by atoms with E-state index in [1.54, 1.807) is 18.2 Å². The van der Waals surface area contributed by atoms with Gasteiger partial charge in [0.2, 0.25) is 0 Å². The first-order valence-corrected chi connectivity index (χ1v) is 5.79. The van der Waals surface area contributed by atoms with Crippen LogP contribution in [-0.2, 0) is 6.61 Å². The number of benzene rings is 2. The average molecular weight is 275 g/mol. The third kappa shape index (κ3) is 2.86. The van der Waals surface area contributed by atoms with Crippen molar-refractivity contribution < 1.29 is 18.3 Å². The summed E-state index contributed by atoms with van der Waals surface area (Å²) in [5.74, 6) is -0.832. The molecular weight excluding hydrogens is 264 g/mol. The first kappa shape index (κ1) is 13.8. The van der Waals surface area contributed by atoms with Gasteiger partial charge in [0.25, 0.3) is 0 Å². The molecule has 0 spiro atoms. The minimum absolute atomic E-state index is 0.0611. The van der Waals surface area contributed by atoms with E-state index in [1.807, 2.05) is 0 Å². The van der Waals surface area contributed by atoms with Gasteiger partial charge in [-0.05, 0) is 18.2 Å². The summed E-state index contributed by atoms with van der Waals surface area (Å²) in [4.78, 5) is 0. The van der Waals surface area contributed by atoms with Crippen molar-refractivity contribution in [1.82, 2.24) is 0 Å². The molecule has 0 aliphatic rings. The normalized spacial score (nSPS) is 9.90. The van der Waals surface area contributed by atoms with Crippen LogP contribution in [-0.4, -0.2) is 7.11 Å². The fraction of sp³-hybridized carbons (Fsp3) is 0.133. The molecule has 2 rings (SSSR count). The Morgan fingerprint density at radius 2 is 2.00 bits per heavy atom. The fourth-order valence-corrected chi connectivity index (χ4v) is 1.66. The largest absolute Gasteiger partial charge is 0.494 e. The highest BCUT2D eigenvalue weighted by atomic mass is 19.1. The van der Waals surface area contributed by atoms with Crippen LogP contribution in [0.25, 0.3) is 0 Å². The second kappa shape index (κ2) is 6.02. The van der Waals surface area contributed by atoms with Crippen molar-refractivity contribution in [2.24, 2.45) is 0 Å². The summed E-state index contributed by atoms with van der Waals surface area (Å²) in [5, 5.41) is 8.62. The minimum Gasteiger partial charge on any atom is -0.494 e. The number of nitrogens with zero attached hydrogens (tertiary/aromatic N) is 1. The van der Waals surface area contributed by atoms with Gasteiger partial charge >= 0.3 is 0 Å².